The molecule has 3 rings (SSSR count). The first-order valence-corrected chi connectivity index (χ1v) is 11.2. The summed E-state index contributed by atoms with van der Waals surface area (Å²) in [5.74, 6) is 1.78. The van der Waals surface area contributed by atoms with Gasteiger partial charge in [-0.1, -0.05) is 31.4 Å². The summed E-state index contributed by atoms with van der Waals surface area (Å²) in [6, 6.07) is 7.74. The van der Waals surface area contributed by atoms with Crippen LogP contribution in [0.25, 0.3) is 0 Å². The fourth-order valence-electron chi connectivity index (χ4n) is 4.24. The van der Waals surface area contributed by atoms with E-state index in [1.54, 1.807) is 14.2 Å². The third-order valence-corrected chi connectivity index (χ3v) is 6.08. The van der Waals surface area contributed by atoms with Crippen LogP contribution in [0.3, 0.4) is 0 Å². The summed E-state index contributed by atoms with van der Waals surface area (Å²) in [6.45, 7) is 2.07. The lowest BCUT2D eigenvalue weighted by atomic mass is 9.88. The van der Waals surface area contributed by atoms with Crippen molar-refractivity contribution in [2.45, 2.75) is 51.1 Å². The molecule has 3 N–H and O–H groups in total. The smallest absolute Gasteiger partial charge is 0.239 e. The molecule has 32 heavy (non-hydrogen) atoms. The summed E-state index contributed by atoms with van der Waals surface area (Å²) in [7, 11) is 3.31. The highest BCUT2D eigenvalue weighted by atomic mass is 127. The number of nitrogens with one attached hydrogen (secondary N) is 3. The first-order chi connectivity index (χ1) is 15.1. The maximum atomic E-state index is 12.7. The van der Waals surface area contributed by atoms with Crippen molar-refractivity contribution in [3.8, 4) is 5.75 Å². The first kappa shape index (κ1) is 26.2. The van der Waals surface area contributed by atoms with Crippen LogP contribution in [0.1, 0.15) is 44.1 Å². The number of aliphatic imine (C=N–C) groups is 1. The normalized spacial score (nSPS) is 19.1. The number of carbonyl (C=O) groups excluding carboxylic acids is 2. The second kappa shape index (κ2) is 13.5. The minimum absolute atomic E-state index is 0. The number of likely N-dealkylation sites (tertiary alicyclic amines) is 1. The van der Waals surface area contributed by atoms with Crippen molar-refractivity contribution in [3.63, 3.8) is 0 Å². The largest absolute Gasteiger partial charge is 0.497 e. The second-order valence-corrected chi connectivity index (χ2v) is 8.30. The third-order valence-electron chi connectivity index (χ3n) is 6.08. The van der Waals surface area contributed by atoms with Crippen molar-refractivity contribution in [3.05, 3.63) is 29.8 Å². The van der Waals surface area contributed by atoms with Crippen LogP contribution in [0.5, 0.6) is 5.75 Å². The highest BCUT2D eigenvalue weighted by Crippen LogP contribution is 2.26. The van der Waals surface area contributed by atoms with Crippen molar-refractivity contribution in [1.29, 1.82) is 0 Å². The van der Waals surface area contributed by atoms with E-state index >= 15 is 0 Å². The standard InChI is InChI=1S/C23H35N5O3.HI/c1-24-23(26-15-21(29)25-14-17-8-10-20(31-2)11-9-17)27-19-12-13-28(16-19)22(30)18-6-4-3-5-7-18;/h8-11,18-19H,3-7,12-16H2,1-2H3,(H,25,29)(H2,24,26,27);1H. The maximum absolute atomic E-state index is 12.7. The zero-order valence-corrected chi connectivity index (χ0v) is 21.4. The summed E-state index contributed by atoms with van der Waals surface area (Å²) in [4.78, 5) is 31.1. The molecule has 2 fully saturated rings. The molecule has 1 unspecified atom stereocenters. The van der Waals surface area contributed by atoms with E-state index in [2.05, 4.69) is 20.9 Å². The summed E-state index contributed by atoms with van der Waals surface area (Å²) >= 11 is 0. The van der Waals surface area contributed by atoms with Crippen molar-refractivity contribution < 1.29 is 14.3 Å². The minimum atomic E-state index is -0.112. The molecule has 1 heterocycles. The van der Waals surface area contributed by atoms with Crippen LogP contribution in [0.15, 0.2) is 29.3 Å². The average molecular weight is 557 g/mol. The third kappa shape index (κ3) is 7.83. The topological polar surface area (TPSA) is 95.1 Å². The van der Waals surface area contributed by atoms with Crippen molar-refractivity contribution >= 4 is 41.8 Å². The van der Waals surface area contributed by atoms with Gasteiger partial charge in [0, 0.05) is 38.6 Å². The van der Waals surface area contributed by atoms with E-state index in [0.29, 0.717) is 25.0 Å². The number of hydrogen-bond acceptors (Lipinski definition) is 4. The van der Waals surface area contributed by atoms with Crippen LogP contribution in [0, 0.1) is 5.92 Å². The Hall–Kier alpha value is -2.04. The van der Waals surface area contributed by atoms with Gasteiger partial charge in [0.05, 0.1) is 13.7 Å². The molecule has 1 aromatic rings. The highest BCUT2D eigenvalue weighted by molar-refractivity contribution is 14.0. The quantitative estimate of drug-likeness (QED) is 0.272. The maximum Gasteiger partial charge on any atom is 0.239 e. The molecule has 2 amide bonds. The van der Waals surface area contributed by atoms with Gasteiger partial charge in [-0.3, -0.25) is 14.6 Å². The number of nitrogens with zero attached hydrogens (tertiary/aromatic N) is 2. The van der Waals surface area contributed by atoms with Gasteiger partial charge in [-0.2, -0.15) is 0 Å². The van der Waals surface area contributed by atoms with E-state index in [-0.39, 0.29) is 48.4 Å². The molecule has 1 saturated carbocycles. The van der Waals surface area contributed by atoms with E-state index in [1.807, 2.05) is 29.2 Å². The lowest BCUT2D eigenvalue weighted by Crippen LogP contribution is -2.48. The van der Waals surface area contributed by atoms with E-state index in [0.717, 1.165) is 37.1 Å². The predicted molar refractivity (Wildman–Crippen MR) is 136 cm³/mol. The number of carbonyl (C=O) groups is 2. The summed E-state index contributed by atoms with van der Waals surface area (Å²) in [6.07, 6.45) is 6.54. The van der Waals surface area contributed by atoms with Crippen LogP contribution in [-0.4, -0.2) is 62.5 Å². The average Bonchev–Trinajstić information content (AvgIpc) is 3.29. The van der Waals surface area contributed by atoms with Crippen molar-refractivity contribution in [1.82, 2.24) is 20.9 Å². The number of amides is 2. The van der Waals surface area contributed by atoms with E-state index in [9.17, 15) is 9.59 Å². The highest BCUT2D eigenvalue weighted by Gasteiger charge is 2.31. The van der Waals surface area contributed by atoms with E-state index in [4.69, 9.17) is 4.74 Å². The fraction of sp³-hybridized carbons (Fsp3) is 0.609. The number of halogens is 1. The molecule has 178 valence electrons. The van der Waals surface area contributed by atoms with E-state index < -0.39 is 0 Å². The van der Waals surface area contributed by atoms with Gasteiger partial charge in [0.1, 0.15) is 5.75 Å². The number of rotatable bonds is 7. The molecule has 2 aliphatic rings. The predicted octanol–water partition coefficient (Wildman–Crippen LogP) is 2.28. The molecule has 1 aliphatic carbocycles. The van der Waals surface area contributed by atoms with Crippen LogP contribution < -0.4 is 20.7 Å². The first-order valence-electron chi connectivity index (χ1n) is 11.2. The number of hydrogen-bond donors (Lipinski definition) is 3. The Kier molecular flexibility index (Phi) is 11.1. The fourth-order valence-corrected chi connectivity index (χ4v) is 4.24. The number of benzene rings is 1. The Morgan fingerprint density at radius 1 is 1.09 bits per heavy atom. The molecule has 1 saturated heterocycles. The lowest BCUT2D eigenvalue weighted by Gasteiger charge is -2.26. The van der Waals surface area contributed by atoms with Crippen LogP contribution in [0.2, 0.25) is 0 Å². The van der Waals surface area contributed by atoms with Gasteiger partial charge < -0.3 is 25.6 Å². The van der Waals surface area contributed by atoms with E-state index in [1.165, 1.54) is 19.3 Å². The Bertz CT molecular complexity index is 765. The molecule has 0 bridgehead atoms. The number of ether oxygens (including phenoxy) is 1. The number of guanidine groups is 1. The van der Waals surface area contributed by atoms with Gasteiger partial charge in [0.15, 0.2) is 5.96 Å². The van der Waals surface area contributed by atoms with Crippen molar-refractivity contribution in [2.75, 3.05) is 33.8 Å². The Balaban J connectivity index is 0.00000363. The van der Waals surface area contributed by atoms with Gasteiger partial charge in [-0.05, 0) is 37.0 Å². The molecule has 0 aromatic heterocycles. The number of methoxy groups -OCH3 is 1. The van der Waals surface area contributed by atoms with Crippen LogP contribution >= 0.6 is 24.0 Å². The Labute approximate surface area is 208 Å². The molecule has 9 heteroatoms. The molecular formula is C23H36IN5O3. The Morgan fingerprint density at radius 3 is 2.47 bits per heavy atom. The molecule has 0 spiro atoms. The van der Waals surface area contributed by atoms with Gasteiger partial charge >= 0.3 is 0 Å². The van der Waals surface area contributed by atoms with Gasteiger partial charge in [0.25, 0.3) is 0 Å². The zero-order chi connectivity index (χ0) is 22.1. The minimum Gasteiger partial charge on any atom is -0.497 e. The molecule has 1 aliphatic heterocycles. The monoisotopic (exact) mass is 557 g/mol. The van der Waals surface area contributed by atoms with Crippen LogP contribution in [-0.2, 0) is 16.1 Å². The molecule has 1 aromatic carbocycles. The molecule has 8 nitrogen and oxygen atoms in total. The van der Waals surface area contributed by atoms with Gasteiger partial charge in [-0.15, -0.1) is 24.0 Å². The van der Waals surface area contributed by atoms with Gasteiger partial charge in [-0.25, -0.2) is 0 Å². The molecule has 0 radical (unpaired) electrons. The SMILES string of the molecule is CN=C(NCC(=O)NCc1ccc(OC)cc1)NC1CCN(C(=O)C2CCCCC2)C1.I. The molecule has 1 atom stereocenters. The van der Waals surface area contributed by atoms with Crippen LogP contribution in [0.4, 0.5) is 0 Å². The second-order valence-electron chi connectivity index (χ2n) is 8.30. The summed E-state index contributed by atoms with van der Waals surface area (Å²) in [5.41, 5.74) is 1.00. The summed E-state index contributed by atoms with van der Waals surface area (Å²) < 4.78 is 5.14. The van der Waals surface area contributed by atoms with Gasteiger partial charge in [0.2, 0.25) is 11.8 Å². The lowest BCUT2D eigenvalue weighted by molar-refractivity contribution is -0.135. The van der Waals surface area contributed by atoms with Crippen molar-refractivity contribution in [2.24, 2.45) is 10.9 Å². The summed E-state index contributed by atoms with van der Waals surface area (Å²) in [5, 5.41) is 9.30. The molecular weight excluding hydrogens is 521 g/mol. The zero-order valence-electron chi connectivity index (χ0n) is 19.1. The Morgan fingerprint density at radius 2 is 1.81 bits per heavy atom.